The molecule has 4 rings (SSSR count). The summed E-state index contributed by atoms with van der Waals surface area (Å²) in [4.78, 5) is 27.2. The van der Waals surface area contributed by atoms with Crippen LogP contribution in [0.3, 0.4) is 0 Å². The molecule has 0 radical (unpaired) electrons. The molecule has 1 unspecified atom stereocenters. The fraction of sp³-hybridized carbons (Fsp3) is 0.192. The molecule has 0 aromatic heterocycles. The number of ether oxygens (including phenoxy) is 1. The third kappa shape index (κ3) is 4.94. The van der Waals surface area contributed by atoms with E-state index in [0.717, 1.165) is 16.8 Å². The average Bonchev–Trinajstić information content (AvgIpc) is 3.30. The van der Waals surface area contributed by atoms with Gasteiger partial charge in [-0.05, 0) is 42.0 Å². The lowest BCUT2D eigenvalue weighted by Crippen LogP contribution is -2.39. The summed E-state index contributed by atoms with van der Waals surface area (Å²) < 4.78 is 19.4. The smallest absolute Gasteiger partial charge is 0.262 e. The van der Waals surface area contributed by atoms with E-state index >= 15 is 0 Å². The minimum atomic E-state index is -0.634. The van der Waals surface area contributed by atoms with Gasteiger partial charge in [0.15, 0.2) is 0 Å². The Morgan fingerprint density at radius 1 is 1.12 bits per heavy atom. The lowest BCUT2D eigenvalue weighted by molar-refractivity contribution is -0.133. The summed E-state index contributed by atoms with van der Waals surface area (Å²) in [5.74, 6) is -0.913. The van der Waals surface area contributed by atoms with Crippen LogP contribution in [0, 0.1) is 5.82 Å². The molecule has 0 N–H and O–H groups in total. The van der Waals surface area contributed by atoms with E-state index in [2.05, 4.69) is 5.10 Å². The highest BCUT2D eigenvalue weighted by Gasteiger charge is 2.34. The molecule has 0 spiro atoms. The van der Waals surface area contributed by atoms with E-state index in [1.165, 1.54) is 35.2 Å². The maximum Gasteiger partial charge on any atom is 0.262 e. The van der Waals surface area contributed by atoms with E-state index in [0.29, 0.717) is 17.2 Å². The second kappa shape index (κ2) is 10.1. The summed E-state index contributed by atoms with van der Waals surface area (Å²) in [6.45, 7) is -0.258. The molecule has 0 aliphatic carbocycles. The molecule has 0 fully saturated rings. The number of rotatable bonds is 6. The van der Waals surface area contributed by atoms with Gasteiger partial charge in [-0.1, -0.05) is 48.0 Å². The zero-order chi connectivity index (χ0) is 24.2. The van der Waals surface area contributed by atoms with Crippen LogP contribution in [0.2, 0.25) is 5.02 Å². The molecular formula is C26H23ClFN3O3. The van der Waals surface area contributed by atoms with Crippen LogP contribution in [0.4, 0.5) is 4.39 Å². The minimum Gasteiger partial charge on any atom is -0.497 e. The van der Waals surface area contributed by atoms with Gasteiger partial charge in [-0.25, -0.2) is 9.40 Å². The number of carbonyl (C=O) groups excluding carboxylic acids is 2. The molecule has 3 aromatic rings. The molecule has 3 aromatic carbocycles. The number of likely N-dealkylation sites (N-methyl/N-ethyl adjacent to an activating group) is 1. The van der Waals surface area contributed by atoms with Gasteiger partial charge in [0, 0.05) is 24.1 Å². The molecule has 1 atom stereocenters. The van der Waals surface area contributed by atoms with Crippen molar-refractivity contribution in [2.24, 2.45) is 5.10 Å². The zero-order valence-corrected chi connectivity index (χ0v) is 19.5. The Bertz CT molecular complexity index is 1250. The Morgan fingerprint density at radius 3 is 2.56 bits per heavy atom. The van der Waals surface area contributed by atoms with E-state index in [4.69, 9.17) is 16.3 Å². The highest BCUT2D eigenvalue weighted by molar-refractivity contribution is 6.30. The number of halogens is 2. The molecule has 1 aliphatic rings. The Kier molecular flexibility index (Phi) is 6.93. The largest absolute Gasteiger partial charge is 0.497 e. The third-order valence-electron chi connectivity index (χ3n) is 5.65. The number of carbonyl (C=O) groups is 2. The molecular weight excluding hydrogens is 457 g/mol. The van der Waals surface area contributed by atoms with Gasteiger partial charge in [0.2, 0.25) is 0 Å². The summed E-state index contributed by atoms with van der Waals surface area (Å²) in [6, 6.07) is 20.0. The Labute approximate surface area is 202 Å². The second-order valence-corrected chi connectivity index (χ2v) is 8.37. The lowest BCUT2D eigenvalue weighted by atomic mass is 9.98. The summed E-state index contributed by atoms with van der Waals surface area (Å²) in [5, 5.41) is 6.60. The fourth-order valence-electron chi connectivity index (χ4n) is 3.85. The maximum atomic E-state index is 14.1. The van der Waals surface area contributed by atoms with Gasteiger partial charge in [-0.15, -0.1) is 0 Å². The van der Waals surface area contributed by atoms with Gasteiger partial charge < -0.3 is 9.64 Å². The number of benzene rings is 3. The van der Waals surface area contributed by atoms with Gasteiger partial charge >= 0.3 is 0 Å². The maximum absolute atomic E-state index is 14.1. The molecule has 2 amide bonds. The molecule has 0 saturated heterocycles. The van der Waals surface area contributed by atoms with Gasteiger partial charge in [-0.3, -0.25) is 9.59 Å². The van der Waals surface area contributed by atoms with Crippen molar-refractivity contribution in [2.45, 2.75) is 12.5 Å². The predicted octanol–water partition coefficient (Wildman–Crippen LogP) is 4.94. The Hall–Kier alpha value is -3.71. The number of nitrogens with zero attached hydrogens (tertiary/aromatic N) is 3. The highest BCUT2D eigenvalue weighted by Crippen LogP contribution is 2.34. The van der Waals surface area contributed by atoms with Crippen molar-refractivity contribution in [3.05, 3.63) is 100 Å². The zero-order valence-electron chi connectivity index (χ0n) is 18.7. The standard InChI is InChI=1S/C26H23ClFN3O3/c1-30(26(33)21-8-3-4-9-22(21)28)16-25(32)31-24(17-10-12-19(27)13-11-17)15-23(29-31)18-6-5-7-20(14-18)34-2/h3-14,24H,15-16H2,1-2H3. The minimum absolute atomic E-state index is 0.0888. The van der Waals surface area contributed by atoms with Crippen molar-refractivity contribution >= 4 is 29.1 Å². The van der Waals surface area contributed by atoms with Crippen LogP contribution in [0.25, 0.3) is 0 Å². The van der Waals surface area contributed by atoms with Crippen molar-refractivity contribution in [3.8, 4) is 5.75 Å². The van der Waals surface area contributed by atoms with Crippen molar-refractivity contribution in [2.75, 3.05) is 20.7 Å². The van der Waals surface area contributed by atoms with Crippen molar-refractivity contribution in [1.29, 1.82) is 0 Å². The summed E-state index contributed by atoms with van der Waals surface area (Å²) in [5.41, 5.74) is 2.33. The van der Waals surface area contributed by atoms with Crippen LogP contribution in [-0.4, -0.2) is 48.1 Å². The fourth-order valence-corrected chi connectivity index (χ4v) is 3.98. The second-order valence-electron chi connectivity index (χ2n) is 7.93. The molecule has 8 heteroatoms. The van der Waals surface area contributed by atoms with Crippen LogP contribution in [0.15, 0.2) is 77.9 Å². The molecule has 0 bridgehead atoms. The summed E-state index contributed by atoms with van der Waals surface area (Å²) in [7, 11) is 3.05. The normalized spacial score (nSPS) is 15.1. The molecule has 0 saturated carbocycles. The van der Waals surface area contributed by atoms with Gasteiger partial charge in [-0.2, -0.15) is 5.10 Å². The predicted molar refractivity (Wildman–Crippen MR) is 129 cm³/mol. The number of methoxy groups -OCH3 is 1. The summed E-state index contributed by atoms with van der Waals surface area (Å²) >= 11 is 6.05. The topological polar surface area (TPSA) is 62.2 Å². The number of hydrazone groups is 1. The van der Waals surface area contributed by atoms with Gasteiger partial charge in [0.25, 0.3) is 11.8 Å². The van der Waals surface area contributed by atoms with Crippen molar-refractivity contribution in [3.63, 3.8) is 0 Å². The quantitative estimate of drug-likeness (QED) is 0.503. The molecule has 1 aliphatic heterocycles. The van der Waals surface area contributed by atoms with Crippen molar-refractivity contribution in [1.82, 2.24) is 9.91 Å². The van der Waals surface area contributed by atoms with Crippen LogP contribution in [-0.2, 0) is 4.79 Å². The first-order valence-corrected chi connectivity index (χ1v) is 11.0. The van der Waals surface area contributed by atoms with Crippen LogP contribution in [0.5, 0.6) is 5.75 Å². The van der Waals surface area contributed by atoms with E-state index < -0.39 is 11.7 Å². The summed E-state index contributed by atoms with van der Waals surface area (Å²) in [6.07, 6.45) is 0.478. The van der Waals surface area contributed by atoms with Crippen molar-refractivity contribution < 1.29 is 18.7 Å². The highest BCUT2D eigenvalue weighted by atomic mass is 35.5. The van der Waals surface area contributed by atoms with E-state index in [1.54, 1.807) is 25.3 Å². The van der Waals surface area contributed by atoms with Crippen LogP contribution >= 0.6 is 11.6 Å². The average molecular weight is 480 g/mol. The van der Waals surface area contributed by atoms with Crippen LogP contribution in [0.1, 0.15) is 33.9 Å². The number of hydrogen-bond donors (Lipinski definition) is 0. The third-order valence-corrected chi connectivity index (χ3v) is 5.90. The van der Waals surface area contributed by atoms with E-state index in [-0.39, 0.29) is 24.1 Å². The first-order chi connectivity index (χ1) is 16.4. The van der Waals surface area contributed by atoms with Crippen LogP contribution < -0.4 is 4.74 Å². The number of hydrogen-bond acceptors (Lipinski definition) is 4. The molecule has 174 valence electrons. The van der Waals surface area contributed by atoms with E-state index in [1.807, 2.05) is 36.4 Å². The first kappa shape index (κ1) is 23.4. The lowest BCUT2D eigenvalue weighted by Gasteiger charge is -2.25. The molecule has 6 nitrogen and oxygen atoms in total. The Morgan fingerprint density at radius 2 is 1.85 bits per heavy atom. The monoisotopic (exact) mass is 479 g/mol. The molecule has 1 heterocycles. The van der Waals surface area contributed by atoms with Gasteiger partial charge in [0.1, 0.15) is 18.1 Å². The van der Waals surface area contributed by atoms with E-state index in [9.17, 15) is 14.0 Å². The number of amides is 2. The Balaban J connectivity index is 1.61. The first-order valence-electron chi connectivity index (χ1n) is 10.7. The van der Waals surface area contributed by atoms with Gasteiger partial charge in [0.05, 0.1) is 24.4 Å². The SMILES string of the molecule is COc1cccc(C2=NN(C(=O)CN(C)C(=O)c3ccccc3F)C(c3ccc(Cl)cc3)C2)c1. The molecule has 34 heavy (non-hydrogen) atoms.